The Kier molecular flexibility index (Phi) is 3.17. The van der Waals surface area contributed by atoms with Crippen LogP contribution in [-0.2, 0) is 4.79 Å². The Bertz CT molecular complexity index is 392. The third-order valence-electron chi connectivity index (χ3n) is 3.00. The highest BCUT2D eigenvalue weighted by atomic mass is 16.1. The molecule has 0 saturated carbocycles. The fourth-order valence-corrected chi connectivity index (χ4v) is 2.14. The van der Waals surface area contributed by atoms with Crippen LogP contribution in [0.15, 0.2) is 6.20 Å². The van der Waals surface area contributed by atoms with Crippen LogP contribution in [0.2, 0.25) is 0 Å². The van der Waals surface area contributed by atoms with Crippen LogP contribution >= 0.6 is 0 Å². The average molecular weight is 219 g/mol. The second kappa shape index (κ2) is 4.60. The van der Waals surface area contributed by atoms with Gasteiger partial charge in [-0.25, -0.2) is 4.98 Å². The number of aldehydes is 1. The zero-order valence-corrected chi connectivity index (χ0v) is 9.81. The Labute approximate surface area is 95.7 Å². The normalized spacial score (nSPS) is 20.9. The van der Waals surface area contributed by atoms with Crippen molar-refractivity contribution in [3.05, 3.63) is 17.6 Å². The van der Waals surface area contributed by atoms with Crippen LogP contribution in [0, 0.1) is 19.8 Å². The molecule has 1 aliphatic heterocycles. The summed E-state index contributed by atoms with van der Waals surface area (Å²) in [6.07, 6.45) is 4.89. The summed E-state index contributed by atoms with van der Waals surface area (Å²) in [7, 11) is 0. The second-order valence-corrected chi connectivity index (χ2v) is 4.40. The molecule has 16 heavy (non-hydrogen) atoms. The highest BCUT2D eigenvalue weighted by Gasteiger charge is 2.21. The molecule has 0 spiro atoms. The molecule has 0 amide bonds. The van der Waals surface area contributed by atoms with Gasteiger partial charge in [-0.2, -0.15) is 0 Å². The largest absolute Gasteiger partial charge is 0.354 e. The average Bonchev–Trinajstić information content (AvgIpc) is 2.32. The molecule has 1 fully saturated rings. The Balaban J connectivity index is 2.22. The molecule has 0 N–H and O–H groups in total. The lowest BCUT2D eigenvalue weighted by molar-refractivity contribution is -0.111. The molecule has 86 valence electrons. The van der Waals surface area contributed by atoms with E-state index in [2.05, 4.69) is 14.9 Å². The van der Waals surface area contributed by atoms with Crippen LogP contribution in [0.3, 0.4) is 0 Å². The van der Waals surface area contributed by atoms with Crippen LogP contribution in [0.5, 0.6) is 0 Å². The van der Waals surface area contributed by atoms with Gasteiger partial charge in [0.25, 0.3) is 0 Å². The van der Waals surface area contributed by atoms with Crippen molar-refractivity contribution < 1.29 is 4.79 Å². The molecule has 0 aromatic carbocycles. The molecule has 1 aromatic rings. The van der Waals surface area contributed by atoms with Crippen LogP contribution < -0.4 is 4.90 Å². The van der Waals surface area contributed by atoms with Crippen LogP contribution in [0.1, 0.15) is 24.2 Å². The predicted molar refractivity (Wildman–Crippen MR) is 62.5 cm³/mol. The van der Waals surface area contributed by atoms with Gasteiger partial charge in [-0.1, -0.05) is 0 Å². The van der Waals surface area contributed by atoms with Crippen molar-refractivity contribution in [2.75, 3.05) is 18.0 Å². The number of aromatic nitrogens is 2. The number of rotatable bonds is 2. The van der Waals surface area contributed by atoms with Crippen molar-refractivity contribution in [3.63, 3.8) is 0 Å². The third-order valence-corrected chi connectivity index (χ3v) is 3.00. The molecule has 1 aliphatic rings. The summed E-state index contributed by atoms with van der Waals surface area (Å²) in [6.45, 7) is 5.66. The summed E-state index contributed by atoms with van der Waals surface area (Å²) < 4.78 is 0. The smallest absolute Gasteiger partial charge is 0.150 e. The summed E-state index contributed by atoms with van der Waals surface area (Å²) in [5.41, 5.74) is 1.87. The summed E-state index contributed by atoms with van der Waals surface area (Å²) in [5.74, 6) is 1.09. The minimum atomic E-state index is 0.149. The fourth-order valence-electron chi connectivity index (χ4n) is 2.14. The van der Waals surface area contributed by atoms with Gasteiger partial charge in [0.05, 0.1) is 11.4 Å². The molecule has 1 saturated heterocycles. The van der Waals surface area contributed by atoms with Gasteiger partial charge in [0, 0.05) is 25.2 Å². The van der Waals surface area contributed by atoms with Gasteiger partial charge in [-0.05, 0) is 26.7 Å². The van der Waals surface area contributed by atoms with Crippen molar-refractivity contribution in [1.82, 2.24) is 9.97 Å². The van der Waals surface area contributed by atoms with E-state index >= 15 is 0 Å². The molecule has 1 atom stereocenters. The van der Waals surface area contributed by atoms with Crippen molar-refractivity contribution in [3.8, 4) is 0 Å². The van der Waals surface area contributed by atoms with E-state index in [4.69, 9.17) is 0 Å². The zero-order chi connectivity index (χ0) is 11.5. The lowest BCUT2D eigenvalue weighted by Crippen LogP contribution is -2.37. The topological polar surface area (TPSA) is 46.1 Å². The number of aryl methyl sites for hydroxylation is 2. The van der Waals surface area contributed by atoms with Gasteiger partial charge in [-0.3, -0.25) is 4.98 Å². The van der Waals surface area contributed by atoms with Crippen LogP contribution in [-0.4, -0.2) is 29.3 Å². The zero-order valence-electron chi connectivity index (χ0n) is 9.81. The number of carbonyl (C=O) groups is 1. The third kappa shape index (κ3) is 2.21. The minimum absolute atomic E-state index is 0.149. The second-order valence-electron chi connectivity index (χ2n) is 4.40. The standard InChI is InChI=1S/C12H17N3O/c1-9-6-13-10(2)12(14-9)15-5-3-4-11(7-15)8-16/h6,8,11H,3-5,7H2,1-2H3. The van der Waals surface area contributed by atoms with E-state index in [1.165, 1.54) is 0 Å². The molecule has 1 aromatic heterocycles. The Morgan fingerprint density at radius 3 is 3.06 bits per heavy atom. The molecule has 1 unspecified atom stereocenters. The lowest BCUT2D eigenvalue weighted by Gasteiger charge is -2.31. The van der Waals surface area contributed by atoms with Crippen molar-refractivity contribution in [2.24, 2.45) is 5.92 Å². The van der Waals surface area contributed by atoms with E-state index < -0.39 is 0 Å². The van der Waals surface area contributed by atoms with Gasteiger partial charge in [0.2, 0.25) is 0 Å². The van der Waals surface area contributed by atoms with Crippen molar-refractivity contribution in [2.45, 2.75) is 26.7 Å². The van der Waals surface area contributed by atoms with Crippen molar-refractivity contribution in [1.29, 1.82) is 0 Å². The number of hydrogen-bond acceptors (Lipinski definition) is 4. The first-order valence-electron chi connectivity index (χ1n) is 5.71. The summed E-state index contributed by atoms with van der Waals surface area (Å²) in [4.78, 5) is 21.8. The molecule has 4 heteroatoms. The Morgan fingerprint density at radius 2 is 2.31 bits per heavy atom. The van der Waals surface area contributed by atoms with E-state index in [9.17, 15) is 4.79 Å². The number of hydrogen-bond donors (Lipinski definition) is 0. The molecular weight excluding hydrogens is 202 g/mol. The van der Waals surface area contributed by atoms with Gasteiger partial charge in [-0.15, -0.1) is 0 Å². The summed E-state index contributed by atoms with van der Waals surface area (Å²) in [5, 5.41) is 0. The Hall–Kier alpha value is -1.45. The van der Waals surface area contributed by atoms with Gasteiger partial charge in [0.1, 0.15) is 12.1 Å². The fraction of sp³-hybridized carbons (Fsp3) is 0.583. The first-order valence-corrected chi connectivity index (χ1v) is 5.71. The van der Waals surface area contributed by atoms with E-state index in [1.807, 2.05) is 13.8 Å². The lowest BCUT2D eigenvalue weighted by atomic mass is 10.00. The molecule has 2 rings (SSSR count). The van der Waals surface area contributed by atoms with Gasteiger partial charge in [0.15, 0.2) is 0 Å². The van der Waals surface area contributed by atoms with Gasteiger partial charge >= 0.3 is 0 Å². The number of carbonyl (C=O) groups excluding carboxylic acids is 1. The van der Waals surface area contributed by atoms with E-state index in [-0.39, 0.29) is 5.92 Å². The quantitative estimate of drug-likeness (QED) is 0.707. The number of anilines is 1. The monoisotopic (exact) mass is 219 g/mol. The highest BCUT2D eigenvalue weighted by molar-refractivity contribution is 5.56. The van der Waals surface area contributed by atoms with E-state index in [1.54, 1.807) is 6.20 Å². The molecule has 0 aliphatic carbocycles. The molecule has 2 heterocycles. The first kappa shape index (κ1) is 11.0. The number of nitrogens with zero attached hydrogens (tertiary/aromatic N) is 3. The van der Waals surface area contributed by atoms with E-state index in [0.29, 0.717) is 0 Å². The minimum Gasteiger partial charge on any atom is -0.354 e. The maximum atomic E-state index is 10.8. The first-order chi connectivity index (χ1) is 7.70. The SMILES string of the molecule is Cc1cnc(C)c(N2CCCC(C=O)C2)n1. The maximum absolute atomic E-state index is 10.8. The Morgan fingerprint density at radius 1 is 1.50 bits per heavy atom. The van der Waals surface area contributed by atoms with E-state index in [0.717, 1.165) is 49.4 Å². The maximum Gasteiger partial charge on any atom is 0.150 e. The number of piperidine rings is 1. The molecule has 0 bridgehead atoms. The summed E-state index contributed by atoms with van der Waals surface area (Å²) in [6, 6.07) is 0. The van der Waals surface area contributed by atoms with Gasteiger partial charge < -0.3 is 9.69 Å². The molecule has 4 nitrogen and oxygen atoms in total. The van der Waals surface area contributed by atoms with Crippen LogP contribution in [0.4, 0.5) is 5.82 Å². The summed E-state index contributed by atoms with van der Waals surface area (Å²) >= 11 is 0. The van der Waals surface area contributed by atoms with Crippen LogP contribution in [0.25, 0.3) is 0 Å². The highest BCUT2D eigenvalue weighted by Crippen LogP contribution is 2.22. The molecular formula is C12H17N3O. The predicted octanol–water partition coefficient (Wildman–Crippen LogP) is 1.51. The molecule has 0 radical (unpaired) electrons. The van der Waals surface area contributed by atoms with Crippen molar-refractivity contribution >= 4 is 12.1 Å².